The largest absolute Gasteiger partial charge is 0.468 e. The van der Waals surface area contributed by atoms with Crippen molar-refractivity contribution < 1.29 is 22.4 Å². The van der Waals surface area contributed by atoms with Crippen LogP contribution in [0.4, 0.5) is 5.69 Å². The minimum Gasteiger partial charge on any atom is -0.468 e. The average Bonchev–Trinajstić information content (AvgIpc) is 3.40. The summed E-state index contributed by atoms with van der Waals surface area (Å²) in [7, 11) is -3.79. The molecule has 10 heteroatoms. The number of rotatable bonds is 8. The number of hydrogen-bond acceptors (Lipinski definition) is 6. The maximum Gasteiger partial charge on any atom is 0.261 e. The SMILES string of the molecule is CC(NC(=O)c1cccs1)C(=O)Nc1cccc(S(=O)(=O)NCc2ccco2)c1. The molecule has 0 spiro atoms. The van der Waals surface area contributed by atoms with Crippen LogP contribution in [0.2, 0.25) is 0 Å². The molecule has 3 aromatic rings. The van der Waals surface area contributed by atoms with Gasteiger partial charge in [-0.1, -0.05) is 12.1 Å². The van der Waals surface area contributed by atoms with Crippen LogP contribution < -0.4 is 15.4 Å². The molecule has 0 saturated carbocycles. The zero-order chi connectivity index (χ0) is 20.9. The number of benzene rings is 1. The van der Waals surface area contributed by atoms with Crippen LogP contribution in [0.5, 0.6) is 0 Å². The van der Waals surface area contributed by atoms with Gasteiger partial charge in [0.2, 0.25) is 15.9 Å². The summed E-state index contributed by atoms with van der Waals surface area (Å²) in [4.78, 5) is 24.9. The smallest absolute Gasteiger partial charge is 0.261 e. The second-order valence-corrected chi connectivity index (χ2v) is 8.81. The summed E-state index contributed by atoms with van der Waals surface area (Å²) in [6.07, 6.45) is 1.46. The summed E-state index contributed by atoms with van der Waals surface area (Å²) in [5.74, 6) is -0.331. The van der Waals surface area contributed by atoms with Crippen molar-refractivity contribution in [1.82, 2.24) is 10.0 Å². The van der Waals surface area contributed by atoms with Crippen molar-refractivity contribution in [2.45, 2.75) is 24.4 Å². The molecule has 0 saturated heterocycles. The quantitative estimate of drug-likeness (QED) is 0.505. The number of carbonyl (C=O) groups excluding carboxylic acids is 2. The summed E-state index contributed by atoms with van der Waals surface area (Å²) < 4.78 is 32.5. The topological polar surface area (TPSA) is 118 Å². The van der Waals surface area contributed by atoms with E-state index in [-0.39, 0.29) is 17.3 Å². The van der Waals surface area contributed by atoms with Gasteiger partial charge in [-0.25, -0.2) is 13.1 Å². The number of anilines is 1. The van der Waals surface area contributed by atoms with E-state index in [4.69, 9.17) is 4.42 Å². The number of sulfonamides is 1. The predicted octanol–water partition coefficient (Wildman–Crippen LogP) is 2.58. The van der Waals surface area contributed by atoms with Gasteiger partial charge in [0.15, 0.2) is 0 Å². The Morgan fingerprint density at radius 1 is 1.14 bits per heavy atom. The number of hydrogen-bond donors (Lipinski definition) is 3. The average molecular weight is 434 g/mol. The first-order valence-electron chi connectivity index (χ1n) is 8.62. The lowest BCUT2D eigenvalue weighted by Gasteiger charge is -2.14. The van der Waals surface area contributed by atoms with Gasteiger partial charge in [0.25, 0.3) is 5.91 Å². The molecule has 0 aliphatic carbocycles. The summed E-state index contributed by atoms with van der Waals surface area (Å²) in [5, 5.41) is 6.98. The van der Waals surface area contributed by atoms with Gasteiger partial charge in [-0.05, 0) is 48.7 Å². The molecule has 29 heavy (non-hydrogen) atoms. The number of amides is 2. The summed E-state index contributed by atoms with van der Waals surface area (Å²) in [5.41, 5.74) is 0.299. The molecule has 2 heterocycles. The molecule has 1 aromatic carbocycles. The van der Waals surface area contributed by atoms with Gasteiger partial charge in [-0.15, -0.1) is 11.3 Å². The molecule has 2 amide bonds. The second kappa shape index (κ2) is 9.03. The van der Waals surface area contributed by atoms with Gasteiger partial charge in [0.1, 0.15) is 11.8 Å². The second-order valence-electron chi connectivity index (χ2n) is 6.09. The van der Waals surface area contributed by atoms with Crippen molar-refractivity contribution in [3.8, 4) is 0 Å². The molecule has 3 rings (SSSR count). The zero-order valence-corrected chi connectivity index (χ0v) is 17.0. The third kappa shape index (κ3) is 5.53. The highest BCUT2D eigenvalue weighted by atomic mass is 32.2. The van der Waals surface area contributed by atoms with Gasteiger partial charge >= 0.3 is 0 Å². The van der Waals surface area contributed by atoms with Crippen LogP contribution in [0.1, 0.15) is 22.4 Å². The van der Waals surface area contributed by atoms with E-state index in [1.54, 1.807) is 42.6 Å². The third-order valence-corrected chi connectivity index (χ3v) is 6.18. The molecule has 3 N–H and O–H groups in total. The zero-order valence-electron chi connectivity index (χ0n) is 15.4. The number of carbonyl (C=O) groups is 2. The van der Waals surface area contributed by atoms with E-state index in [2.05, 4.69) is 15.4 Å². The van der Waals surface area contributed by atoms with Gasteiger partial charge in [0.05, 0.1) is 22.6 Å². The minimum atomic E-state index is -3.79. The Morgan fingerprint density at radius 2 is 1.97 bits per heavy atom. The van der Waals surface area contributed by atoms with Crippen LogP contribution in [-0.2, 0) is 21.4 Å². The fourth-order valence-electron chi connectivity index (χ4n) is 2.40. The van der Waals surface area contributed by atoms with Crippen LogP contribution in [0.25, 0.3) is 0 Å². The fraction of sp³-hybridized carbons (Fsp3) is 0.158. The highest BCUT2D eigenvalue weighted by Crippen LogP contribution is 2.16. The van der Waals surface area contributed by atoms with Gasteiger partial charge < -0.3 is 15.1 Å². The Hall–Kier alpha value is -2.95. The van der Waals surface area contributed by atoms with Crippen molar-refractivity contribution in [1.29, 1.82) is 0 Å². The molecule has 8 nitrogen and oxygen atoms in total. The van der Waals surface area contributed by atoms with E-state index < -0.39 is 22.0 Å². The van der Waals surface area contributed by atoms with Gasteiger partial charge in [-0.2, -0.15) is 0 Å². The van der Waals surface area contributed by atoms with E-state index in [0.717, 1.165) is 0 Å². The Labute approximate surface area is 172 Å². The standard InChI is InChI=1S/C19H19N3O5S2/c1-13(21-19(24)17-8-4-10-28-17)18(23)22-14-5-2-7-16(11-14)29(25,26)20-12-15-6-3-9-27-15/h2-11,13,20H,12H2,1H3,(H,21,24)(H,22,23). The molecule has 152 valence electrons. The van der Waals surface area contributed by atoms with E-state index >= 15 is 0 Å². The normalized spacial score (nSPS) is 12.3. The Morgan fingerprint density at radius 3 is 2.66 bits per heavy atom. The molecule has 2 aromatic heterocycles. The van der Waals surface area contributed by atoms with Crippen LogP contribution >= 0.6 is 11.3 Å². The first-order valence-corrected chi connectivity index (χ1v) is 11.0. The van der Waals surface area contributed by atoms with Gasteiger partial charge in [0, 0.05) is 5.69 Å². The number of thiophene rings is 1. The van der Waals surface area contributed by atoms with Crippen molar-refractivity contribution in [2.24, 2.45) is 0 Å². The van der Waals surface area contributed by atoms with Crippen LogP contribution in [0, 0.1) is 0 Å². The van der Waals surface area contributed by atoms with E-state index in [9.17, 15) is 18.0 Å². The highest BCUT2D eigenvalue weighted by molar-refractivity contribution is 7.89. The monoisotopic (exact) mass is 433 g/mol. The lowest BCUT2D eigenvalue weighted by molar-refractivity contribution is -0.117. The molecule has 0 fully saturated rings. The summed E-state index contributed by atoms with van der Waals surface area (Å²) in [6.45, 7) is 1.56. The van der Waals surface area contributed by atoms with Crippen molar-refractivity contribution >= 4 is 38.9 Å². The number of furan rings is 1. The molecule has 0 aliphatic heterocycles. The lowest BCUT2D eigenvalue weighted by Crippen LogP contribution is -2.41. The van der Waals surface area contributed by atoms with Crippen LogP contribution in [-0.4, -0.2) is 26.3 Å². The maximum absolute atomic E-state index is 12.5. The molecular weight excluding hydrogens is 414 g/mol. The molecule has 1 unspecified atom stereocenters. The minimum absolute atomic E-state index is 0.00266. The molecule has 1 atom stereocenters. The third-order valence-electron chi connectivity index (χ3n) is 3.91. The van der Waals surface area contributed by atoms with E-state index in [0.29, 0.717) is 16.3 Å². The Kier molecular flexibility index (Phi) is 6.47. The van der Waals surface area contributed by atoms with Crippen molar-refractivity contribution in [2.75, 3.05) is 5.32 Å². The predicted molar refractivity (Wildman–Crippen MR) is 109 cm³/mol. The first-order chi connectivity index (χ1) is 13.8. The molecular formula is C19H19N3O5S2. The van der Waals surface area contributed by atoms with Crippen molar-refractivity contribution in [3.05, 3.63) is 70.8 Å². The lowest BCUT2D eigenvalue weighted by atomic mass is 10.2. The van der Waals surface area contributed by atoms with Gasteiger partial charge in [-0.3, -0.25) is 9.59 Å². The number of nitrogens with one attached hydrogen (secondary N) is 3. The van der Waals surface area contributed by atoms with E-state index in [1.165, 1.54) is 35.8 Å². The summed E-state index contributed by atoms with van der Waals surface area (Å²) >= 11 is 1.27. The molecule has 0 radical (unpaired) electrons. The summed E-state index contributed by atoms with van der Waals surface area (Å²) in [6, 6.07) is 11.8. The van der Waals surface area contributed by atoms with E-state index in [1.807, 2.05) is 0 Å². The van der Waals surface area contributed by atoms with Crippen LogP contribution in [0.15, 0.2) is 69.5 Å². The molecule has 0 aliphatic rings. The molecule has 0 bridgehead atoms. The van der Waals surface area contributed by atoms with Crippen molar-refractivity contribution in [3.63, 3.8) is 0 Å². The first kappa shape index (κ1) is 20.8. The van der Waals surface area contributed by atoms with Crippen LogP contribution in [0.3, 0.4) is 0 Å². The fourth-order valence-corrected chi connectivity index (χ4v) is 4.06. The Bertz CT molecular complexity index is 1080. The maximum atomic E-state index is 12.5. The highest BCUT2D eigenvalue weighted by Gasteiger charge is 2.19. The Balaban J connectivity index is 1.62.